The third kappa shape index (κ3) is 3.09. The summed E-state index contributed by atoms with van der Waals surface area (Å²) >= 11 is 0. The number of allylic oxidation sites excluding steroid dienone is 2. The Balaban J connectivity index is 1.63. The van der Waals surface area contributed by atoms with Gasteiger partial charge in [-0.1, -0.05) is 25.5 Å². The van der Waals surface area contributed by atoms with Crippen LogP contribution in [0.5, 0.6) is 0 Å². The zero-order valence-electron chi connectivity index (χ0n) is 16.9. The number of fused-ring (bicyclic) bond motifs is 5. The Hall–Kier alpha value is -0.760. The van der Waals surface area contributed by atoms with Crippen molar-refractivity contribution in [1.29, 1.82) is 0 Å². The monoisotopic (exact) mass is 412 g/mol. The number of carbonyl (C=O) groups is 1. The maximum absolute atomic E-state index is 12.2. The van der Waals surface area contributed by atoms with E-state index in [0.29, 0.717) is 31.1 Å². The standard InChI is InChI=1S/C21H32O6S/c1-12(22)15-4-5-16-14-11-19(23)18-10-13(27-28(24,25)26)6-8-21(18,3)17(14)7-9-20(15,16)2/h7,13-16,18-19,23H,4-6,8-11H2,1-3H3,(H,24,25,26)/t13-,14-,15-,16-,18+,19-,20+,21+/m0/s1. The van der Waals surface area contributed by atoms with Crippen LogP contribution < -0.4 is 0 Å². The summed E-state index contributed by atoms with van der Waals surface area (Å²) in [7, 11) is -4.48. The van der Waals surface area contributed by atoms with Gasteiger partial charge < -0.3 is 5.11 Å². The van der Waals surface area contributed by atoms with Crippen LogP contribution in [0.1, 0.15) is 65.7 Å². The van der Waals surface area contributed by atoms with Gasteiger partial charge in [0.05, 0.1) is 12.2 Å². The van der Waals surface area contributed by atoms with E-state index in [9.17, 15) is 18.3 Å². The summed E-state index contributed by atoms with van der Waals surface area (Å²) in [4.78, 5) is 12.2. The number of carbonyl (C=O) groups excluding carboxylic acids is 1. The number of Topliss-reactive ketones (excluding diaryl/α,β-unsaturated/α-hetero) is 1. The van der Waals surface area contributed by atoms with E-state index in [0.717, 1.165) is 25.7 Å². The average Bonchev–Trinajstić information content (AvgIpc) is 2.92. The average molecular weight is 413 g/mol. The topological polar surface area (TPSA) is 101 Å². The molecule has 4 aliphatic rings. The van der Waals surface area contributed by atoms with Gasteiger partial charge in [0.15, 0.2) is 0 Å². The summed E-state index contributed by atoms with van der Waals surface area (Å²) in [6.07, 6.45) is 6.47. The minimum Gasteiger partial charge on any atom is -0.393 e. The van der Waals surface area contributed by atoms with Crippen molar-refractivity contribution in [2.45, 2.75) is 77.9 Å². The Labute approximate surface area is 167 Å². The van der Waals surface area contributed by atoms with Crippen molar-refractivity contribution in [2.24, 2.45) is 34.5 Å². The van der Waals surface area contributed by atoms with Crippen molar-refractivity contribution >= 4 is 16.2 Å². The smallest absolute Gasteiger partial charge is 0.393 e. The molecular formula is C21H32O6S. The highest BCUT2D eigenvalue weighted by Gasteiger charge is 2.60. The maximum Gasteiger partial charge on any atom is 0.397 e. The van der Waals surface area contributed by atoms with Crippen molar-refractivity contribution in [3.63, 3.8) is 0 Å². The molecule has 7 heteroatoms. The van der Waals surface area contributed by atoms with Gasteiger partial charge in [0, 0.05) is 5.92 Å². The molecule has 28 heavy (non-hydrogen) atoms. The Morgan fingerprint density at radius 1 is 1.18 bits per heavy atom. The first-order valence-electron chi connectivity index (χ1n) is 10.5. The molecule has 4 rings (SSSR count). The normalized spacial score (nSPS) is 48.2. The van der Waals surface area contributed by atoms with E-state index in [1.54, 1.807) is 6.92 Å². The van der Waals surface area contributed by atoms with Crippen molar-refractivity contribution in [1.82, 2.24) is 0 Å². The molecule has 0 saturated heterocycles. The second kappa shape index (κ2) is 6.62. The fraction of sp³-hybridized carbons (Fsp3) is 0.857. The number of ketones is 1. The van der Waals surface area contributed by atoms with Crippen LogP contribution in [0.25, 0.3) is 0 Å². The maximum atomic E-state index is 12.2. The molecule has 0 bridgehead atoms. The minimum atomic E-state index is -4.48. The fourth-order valence-corrected chi connectivity index (χ4v) is 7.98. The van der Waals surface area contributed by atoms with Crippen molar-refractivity contribution in [3.05, 3.63) is 11.6 Å². The van der Waals surface area contributed by atoms with Gasteiger partial charge in [0.2, 0.25) is 0 Å². The minimum absolute atomic E-state index is 0.0196. The van der Waals surface area contributed by atoms with Gasteiger partial charge in [-0.05, 0) is 80.5 Å². The lowest BCUT2D eigenvalue weighted by molar-refractivity contribution is -0.125. The largest absolute Gasteiger partial charge is 0.397 e. The Morgan fingerprint density at radius 3 is 2.54 bits per heavy atom. The van der Waals surface area contributed by atoms with Crippen LogP contribution in [0.3, 0.4) is 0 Å². The molecule has 8 atom stereocenters. The van der Waals surface area contributed by atoms with E-state index in [1.807, 2.05) is 0 Å². The van der Waals surface area contributed by atoms with Crippen molar-refractivity contribution < 1.29 is 27.1 Å². The van der Waals surface area contributed by atoms with Crippen LogP contribution in [0.15, 0.2) is 11.6 Å². The summed E-state index contributed by atoms with van der Waals surface area (Å²) in [6.45, 7) is 6.16. The number of aliphatic hydroxyl groups excluding tert-OH is 1. The summed E-state index contributed by atoms with van der Waals surface area (Å²) in [5, 5.41) is 11.0. The van der Waals surface area contributed by atoms with Gasteiger partial charge >= 0.3 is 10.4 Å². The highest BCUT2D eigenvalue weighted by atomic mass is 32.3. The zero-order valence-corrected chi connectivity index (χ0v) is 17.7. The Kier molecular flexibility index (Phi) is 4.85. The molecule has 2 N–H and O–H groups in total. The molecule has 0 aromatic heterocycles. The van der Waals surface area contributed by atoms with Gasteiger partial charge in [-0.15, -0.1) is 0 Å². The Bertz CT molecular complexity index is 804. The highest BCUT2D eigenvalue weighted by Crippen LogP contribution is 2.65. The third-order valence-electron chi connectivity index (χ3n) is 8.75. The molecule has 0 aromatic carbocycles. The lowest BCUT2D eigenvalue weighted by Crippen LogP contribution is -2.54. The SMILES string of the molecule is CC(=O)[C@@H]1CC[C@H]2[C@@H]3C[C@H](O)[C@H]4C[C@@H](OS(=O)(=O)O)CC[C@]4(C)C3=CC[C@]12C. The van der Waals surface area contributed by atoms with Crippen LogP contribution in [-0.2, 0) is 19.4 Å². The van der Waals surface area contributed by atoms with Gasteiger partial charge in [-0.3, -0.25) is 9.35 Å². The van der Waals surface area contributed by atoms with Crippen LogP contribution >= 0.6 is 0 Å². The van der Waals surface area contributed by atoms with E-state index in [2.05, 4.69) is 19.9 Å². The number of hydrogen-bond donors (Lipinski definition) is 2. The number of rotatable bonds is 3. The highest BCUT2D eigenvalue weighted by molar-refractivity contribution is 7.80. The van der Waals surface area contributed by atoms with Gasteiger partial charge in [-0.25, -0.2) is 4.18 Å². The van der Waals surface area contributed by atoms with Crippen LogP contribution in [0, 0.1) is 34.5 Å². The van der Waals surface area contributed by atoms with Crippen LogP contribution in [0.4, 0.5) is 0 Å². The quantitative estimate of drug-likeness (QED) is 0.545. The van der Waals surface area contributed by atoms with Crippen LogP contribution in [-0.4, -0.2) is 36.1 Å². The molecule has 0 aliphatic heterocycles. The summed E-state index contributed by atoms with van der Waals surface area (Å²) < 4.78 is 36.1. The first kappa shape index (κ1) is 20.5. The molecule has 6 nitrogen and oxygen atoms in total. The molecule has 0 spiro atoms. The predicted octanol–water partition coefficient (Wildman–Crippen LogP) is 3.31. The van der Waals surface area contributed by atoms with E-state index in [1.165, 1.54) is 5.57 Å². The number of aliphatic hydroxyl groups is 1. The molecule has 0 heterocycles. The molecule has 0 radical (unpaired) electrons. The molecular weight excluding hydrogens is 380 g/mol. The summed E-state index contributed by atoms with van der Waals surface area (Å²) in [5.74, 6) is 1.02. The van der Waals surface area contributed by atoms with E-state index in [4.69, 9.17) is 8.74 Å². The van der Waals surface area contributed by atoms with E-state index < -0.39 is 22.6 Å². The summed E-state index contributed by atoms with van der Waals surface area (Å²) in [5.41, 5.74) is 1.20. The van der Waals surface area contributed by atoms with Crippen LogP contribution in [0.2, 0.25) is 0 Å². The lowest BCUT2D eigenvalue weighted by atomic mass is 9.48. The van der Waals surface area contributed by atoms with Gasteiger partial charge in [-0.2, -0.15) is 8.42 Å². The first-order chi connectivity index (χ1) is 13.0. The van der Waals surface area contributed by atoms with Crippen molar-refractivity contribution in [2.75, 3.05) is 0 Å². The van der Waals surface area contributed by atoms with E-state index in [-0.39, 0.29) is 28.4 Å². The molecule has 3 fully saturated rings. The fourth-order valence-electron chi connectivity index (χ4n) is 7.46. The Morgan fingerprint density at radius 2 is 1.89 bits per heavy atom. The molecule has 0 aromatic rings. The first-order valence-corrected chi connectivity index (χ1v) is 11.9. The molecule has 3 saturated carbocycles. The predicted molar refractivity (Wildman–Crippen MR) is 104 cm³/mol. The third-order valence-corrected chi connectivity index (χ3v) is 9.26. The summed E-state index contributed by atoms with van der Waals surface area (Å²) in [6, 6.07) is 0. The molecule has 4 aliphatic carbocycles. The second-order valence-electron chi connectivity index (χ2n) is 10.1. The molecule has 0 amide bonds. The van der Waals surface area contributed by atoms with Gasteiger partial charge in [0.25, 0.3) is 0 Å². The molecule has 0 unspecified atom stereocenters. The number of hydrogen-bond acceptors (Lipinski definition) is 5. The second-order valence-corrected chi connectivity index (χ2v) is 11.1. The van der Waals surface area contributed by atoms with Crippen molar-refractivity contribution in [3.8, 4) is 0 Å². The van der Waals surface area contributed by atoms with E-state index >= 15 is 0 Å². The van der Waals surface area contributed by atoms with Gasteiger partial charge in [0.1, 0.15) is 5.78 Å². The lowest BCUT2D eigenvalue weighted by Gasteiger charge is -2.58. The zero-order chi connectivity index (χ0) is 20.5. The molecule has 158 valence electrons.